The van der Waals surface area contributed by atoms with Crippen molar-refractivity contribution in [3.05, 3.63) is 28.8 Å². The van der Waals surface area contributed by atoms with Gasteiger partial charge in [-0.15, -0.1) is 0 Å². The molecule has 1 aromatic carbocycles. The van der Waals surface area contributed by atoms with E-state index in [1.807, 2.05) is 4.90 Å². The highest BCUT2D eigenvalue weighted by Crippen LogP contribution is 2.28. The highest BCUT2D eigenvalue weighted by atomic mass is 35.5. The summed E-state index contributed by atoms with van der Waals surface area (Å²) in [7, 11) is -3.67. The molecule has 0 unspecified atom stereocenters. The molecular formula is C21H33ClN2O3S. The molecule has 0 bridgehead atoms. The van der Waals surface area contributed by atoms with Crippen molar-refractivity contribution in [2.24, 2.45) is 11.8 Å². The SMILES string of the molecule is CC(C)CCN(CCC(C)C)C(=O)c1ccc(Cl)c(S(=O)(=O)N2CCCC2)c1. The number of amides is 1. The Kier molecular flexibility index (Phi) is 8.34. The molecule has 1 heterocycles. The molecule has 158 valence electrons. The smallest absolute Gasteiger partial charge is 0.253 e. The molecule has 1 aliphatic heterocycles. The van der Waals surface area contributed by atoms with Gasteiger partial charge in [-0.3, -0.25) is 4.79 Å². The average molecular weight is 429 g/mol. The Morgan fingerprint density at radius 3 is 2.11 bits per heavy atom. The van der Waals surface area contributed by atoms with E-state index in [9.17, 15) is 13.2 Å². The third kappa shape index (κ3) is 5.94. The first-order chi connectivity index (χ1) is 13.1. The van der Waals surface area contributed by atoms with Crippen LogP contribution in [0.15, 0.2) is 23.1 Å². The molecule has 1 aromatic rings. The lowest BCUT2D eigenvalue weighted by molar-refractivity contribution is 0.0740. The molecule has 28 heavy (non-hydrogen) atoms. The molecule has 1 aliphatic rings. The van der Waals surface area contributed by atoms with Crippen molar-refractivity contribution in [1.82, 2.24) is 9.21 Å². The Bertz CT molecular complexity index is 760. The molecule has 0 N–H and O–H groups in total. The van der Waals surface area contributed by atoms with Gasteiger partial charge in [0.2, 0.25) is 10.0 Å². The standard InChI is InChI=1S/C21H33ClN2O3S/c1-16(2)9-13-23(14-10-17(3)4)21(25)18-7-8-19(22)20(15-18)28(26,27)24-11-5-6-12-24/h7-8,15-17H,5-6,9-14H2,1-4H3. The molecule has 2 rings (SSSR count). The summed E-state index contributed by atoms with van der Waals surface area (Å²) in [6.45, 7) is 10.9. The Morgan fingerprint density at radius 2 is 1.61 bits per heavy atom. The van der Waals surface area contributed by atoms with Crippen LogP contribution in [0.2, 0.25) is 5.02 Å². The van der Waals surface area contributed by atoms with Gasteiger partial charge in [0, 0.05) is 31.7 Å². The van der Waals surface area contributed by atoms with E-state index < -0.39 is 10.0 Å². The minimum atomic E-state index is -3.67. The maximum atomic E-state index is 13.2. The van der Waals surface area contributed by atoms with Crippen molar-refractivity contribution in [2.75, 3.05) is 26.2 Å². The first-order valence-electron chi connectivity index (χ1n) is 10.2. The van der Waals surface area contributed by atoms with E-state index in [4.69, 9.17) is 11.6 Å². The van der Waals surface area contributed by atoms with Crippen LogP contribution in [0.4, 0.5) is 0 Å². The molecular weight excluding hydrogens is 396 g/mol. The van der Waals surface area contributed by atoms with E-state index >= 15 is 0 Å². The third-order valence-electron chi connectivity index (χ3n) is 5.10. The molecule has 0 radical (unpaired) electrons. The van der Waals surface area contributed by atoms with Crippen molar-refractivity contribution in [3.8, 4) is 0 Å². The fraction of sp³-hybridized carbons (Fsp3) is 0.667. The number of hydrogen-bond donors (Lipinski definition) is 0. The number of rotatable bonds is 9. The number of sulfonamides is 1. The lowest BCUT2D eigenvalue weighted by Gasteiger charge is -2.25. The fourth-order valence-electron chi connectivity index (χ4n) is 3.23. The molecule has 1 amide bonds. The van der Waals surface area contributed by atoms with Crippen LogP contribution < -0.4 is 0 Å². The molecule has 0 atom stereocenters. The maximum absolute atomic E-state index is 13.2. The summed E-state index contributed by atoms with van der Waals surface area (Å²) in [5, 5.41) is 0.166. The van der Waals surface area contributed by atoms with E-state index in [2.05, 4.69) is 27.7 Å². The number of carbonyl (C=O) groups excluding carboxylic acids is 1. The third-order valence-corrected chi connectivity index (χ3v) is 7.48. The van der Waals surface area contributed by atoms with Crippen molar-refractivity contribution >= 4 is 27.5 Å². The van der Waals surface area contributed by atoms with Gasteiger partial charge >= 0.3 is 0 Å². The summed E-state index contributed by atoms with van der Waals surface area (Å²) < 4.78 is 27.3. The molecule has 5 nitrogen and oxygen atoms in total. The largest absolute Gasteiger partial charge is 0.339 e. The van der Waals surface area contributed by atoms with E-state index in [-0.39, 0.29) is 15.8 Å². The number of carbonyl (C=O) groups is 1. The van der Waals surface area contributed by atoms with Gasteiger partial charge in [0.15, 0.2) is 0 Å². The van der Waals surface area contributed by atoms with Gasteiger partial charge < -0.3 is 4.90 Å². The second-order valence-electron chi connectivity index (χ2n) is 8.41. The summed E-state index contributed by atoms with van der Waals surface area (Å²) in [4.78, 5) is 15.0. The van der Waals surface area contributed by atoms with Crippen molar-refractivity contribution in [1.29, 1.82) is 0 Å². The normalized spacial score (nSPS) is 15.5. The van der Waals surface area contributed by atoms with Crippen molar-refractivity contribution in [2.45, 2.75) is 58.3 Å². The maximum Gasteiger partial charge on any atom is 0.253 e. The van der Waals surface area contributed by atoms with E-state index in [1.54, 1.807) is 6.07 Å². The summed E-state index contributed by atoms with van der Waals surface area (Å²) >= 11 is 6.22. The van der Waals surface area contributed by atoms with Crippen LogP contribution in [-0.4, -0.2) is 49.7 Å². The van der Waals surface area contributed by atoms with Crippen molar-refractivity contribution < 1.29 is 13.2 Å². The zero-order chi connectivity index (χ0) is 20.9. The molecule has 0 saturated carbocycles. The second-order valence-corrected chi connectivity index (χ2v) is 10.7. The topological polar surface area (TPSA) is 57.7 Å². The van der Waals surface area contributed by atoms with Gasteiger partial charge in [-0.2, -0.15) is 4.31 Å². The minimum Gasteiger partial charge on any atom is -0.339 e. The molecule has 1 saturated heterocycles. The predicted octanol–water partition coefficient (Wildman–Crippen LogP) is 4.66. The highest BCUT2D eigenvalue weighted by molar-refractivity contribution is 7.89. The van der Waals surface area contributed by atoms with Crippen LogP contribution in [-0.2, 0) is 10.0 Å². The molecule has 7 heteroatoms. The zero-order valence-electron chi connectivity index (χ0n) is 17.4. The van der Waals surface area contributed by atoms with Gasteiger partial charge in [0.05, 0.1) is 5.02 Å². The Hall–Kier alpha value is -1.11. The number of nitrogens with zero attached hydrogens (tertiary/aromatic N) is 2. The second kappa shape index (κ2) is 10.1. The van der Waals surface area contributed by atoms with Crippen LogP contribution in [0.3, 0.4) is 0 Å². The quantitative estimate of drug-likeness (QED) is 0.574. The van der Waals surface area contributed by atoms with Crippen LogP contribution >= 0.6 is 11.6 Å². The van der Waals surface area contributed by atoms with Gasteiger partial charge in [0.1, 0.15) is 4.90 Å². The first-order valence-corrected chi connectivity index (χ1v) is 12.0. The van der Waals surface area contributed by atoms with Gasteiger partial charge in [0.25, 0.3) is 5.91 Å². The Balaban J connectivity index is 2.29. The van der Waals surface area contributed by atoms with Crippen molar-refractivity contribution in [3.63, 3.8) is 0 Å². The highest BCUT2D eigenvalue weighted by Gasteiger charge is 2.30. The molecule has 0 spiro atoms. The lowest BCUT2D eigenvalue weighted by atomic mass is 10.1. The minimum absolute atomic E-state index is 0.0367. The number of hydrogen-bond acceptors (Lipinski definition) is 3. The lowest BCUT2D eigenvalue weighted by Crippen LogP contribution is -2.34. The molecule has 1 fully saturated rings. The monoisotopic (exact) mass is 428 g/mol. The summed E-state index contributed by atoms with van der Waals surface area (Å²) in [6.07, 6.45) is 3.54. The number of halogens is 1. The van der Waals surface area contributed by atoms with Crippen LogP contribution in [0, 0.1) is 11.8 Å². The van der Waals surface area contributed by atoms with Gasteiger partial charge in [-0.1, -0.05) is 39.3 Å². The zero-order valence-corrected chi connectivity index (χ0v) is 19.0. The first kappa shape index (κ1) is 23.2. The predicted molar refractivity (Wildman–Crippen MR) is 114 cm³/mol. The van der Waals surface area contributed by atoms with Crippen LogP contribution in [0.25, 0.3) is 0 Å². The summed E-state index contributed by atoms with van der Waals surface area (Å²) in [6, 6.07) is 4.61. The summed E-state index contributed by atoms with van der Waals surface area (Å²) in [5.74, 6) is 0.854. The van der Waals surface area contributed by atoms with E-state index in [0.29, 0.717) is 43.6 Å². The fourth-order valence-corrected chi connectivity index (χ4v) is 5.24. The Labute approximate surface area is 175 Å². The van der Waals surface area contributed by atoms with E-state index in [1.165, 1.54) is 16.4 Å². The van der Waals surface area contributed by atoms with Gasteiger partial charge in [-0.25, -0.2) is 8.42 Å². The summed E-state index contributed by atoms with van der Waals surface area (Å²) in [5.41, 5.74) is 0.384. The average Bonchev–Trinajstić information content (AvgIpc) is 3.16. The Morgan fingerprint density at radius 1 is 1.07 bits per heavy atom. The van der Waals surface area contributed by atoms with E-state index in [0.717, 1.165) is 25.7 Å². The van der Waals surface area contributed by atoms with Gasteiger partial charge in [-0.05, 0) is 55.7 Å². The van der Waals surface area contributed by atoms with Crippen LogP contribution in [0.5, 0.6) is 0 Å². The molecule has 0 aliphatic carbocycles. The number of benzene rings is 1. The molecule has 0 aromatic heterocycles. The van der Waals surface area contributed by atoms with Crippen LogP contribution in [0.1, 0.15) is 63.7 Å².